The zero-order valence-corrected chi connectivity index (χ0v) is 60.9. The summed E-state index contributed by atoms with van der Waals surface area (Å²) < 4.78 is 142. The van der Waals surface area contributed by atoms with Gasteiger partial charge in [-0.3, -0.25) is 0 Å². The maximum Gasteiger partial charge on any atom is 0.161 e. The lowest BCUT2D eigenvalue weighted by atomic mass is 9.67. The molecule has 0 saturated carbocycles. The molecule has 111 heavy (non-hydrogen) atoms. The van der Waals surface area contributed by atoms with Gasteiger partial charge in [0.05, 0.1) is 10.8 Å². The Balaban J connectivity index is 0.798. The fourth-order valence-corrected chi connectivity index (χ4v) is 18.8. The fraction of sp³-hybridized carbons (Fsp3) is 0.111. The average molecular weight is 1470 g/mol. The van der Waals surface area contributed by atoms with Gasteiger partial charge in [-0.1, -0.05) is 174 Å². The quantitative estimate of drug-likeness (QED) is 0.0711. The summed E-state index contributed by atoms with van der Waals surface area (Å²) in [6.07, 6.45) is 4.84. The molecular weight excluding hydrogens is 1400 g/mol. The Labute approximate surface area is 638 Å². The van der Waals surface area contributed by atoms with E-state index in [1.807, 2.05) is 158 Å². The van der Waals surface area contributed by atoms with Crippen LogP contribution >= 0.6 is 0 Å². The largest absolute Gasteiger partial charge is 0.457 e. The highest BCUT2D eigenvalue weighted by atomic mass is 19.2. The first kappa shape index (κ1) is 69.9. The number of benzene rings is 14. The summed E-state index contributed by atoms with van der Waals surface area (Å²) in [5.41, 5.74) is 11.6. The lowest BCUT2D eigenvalue weighted by Gasteiger charge is -2.35. The first-order chi connectivity index (χ1) is 53.6. The average Bonchev–Trinajstić information content (AvgIpc) is 1.55. The van der Waals surface area contributed by atoms with Crippen LogP contribution in [0.3, 0.4) is 0 Å². The van der Waals surface area contributed by atoms with Crippen LogP contribution in [0.1, 0.15) is 118 Å². The van der Waals surface area contributed by atoms with Crippen molar-refractivity contribution in [2.75, 3.05) is 9.80 Å². The molecule has 2 atom stereocenters. The van der Waals surface area contributed by atoms with Crippen molar-refractivity contribution in [3.8, 4) is 45.3 Å². The van der Waals surface area contributed by atoms with Crippen molar-refractivity contribution in [1.29, 1.82) is 0 Å². The number of ether oxygens (including phenoxy) is 2. The van der Waals surface area contributed by atoms with E-state index >= 15 is 35.1 Å². The van der Waals surface area contributed by atoms with Gasteiger partial charge >= 0.3 is 0 Å². The van der Waals surface area contributed by atoms with Crippen LogP contribution < -0.4 is 19.3 Å². The molecule has 544 valence electrons. The number of fused-ring (bicyclic) bond motifs is 10. The highest BCUT2D eigenvalue weighted by Crippen LogP contribution is 2.66. The van der Waals surface area contributed by atoms with Gasteiger partial charge in [0.25, 0.3) is 0 Å². The second-order valence-electron chi connectivity index (χ2n) is 30.6. The third-order valence-electron chi connectivity index (χ3n) is 23.3. The van der Waals surface area contributed by atoms with Gasteiger partial charge in [-0.15, -0.1) is 0 Å². The molecule has 0 aliphatic heterocycles. The number of rotatable bonds is 16. The lowest BCUT2D eigenvalue weighted by Crippen LogP contribution is -2.30. The Morgan fingerprint density at radius 2 is 0.586 bits per heavy atom. The van der Waals surface area contributed by atoms with Crippen molar-refractivity contribution in [3.63, 3.8) is 0 Å². The molecule has 0 bridgehead atoms. The zero-order valence-electron chi connectivity index (χ0n) is 60.9. The van der Waals surface area contributed by atoms with E-state index in [2.05, 4.69) is 87.1 Å². The van der Waals surface area contributed by atoms with E-state index in [-0.39, 0.29) is 11.1 Å². The third kappa shape index (κ3) is 11.1. The van der Waals surface area contributed by atoms with Crippen LogP contribution in [0.25, 0.3) is 34.4 Å². The minimum atomic E-state index is -1.60. The van der Waals surface area contributed by atoms with Gasteiger partial charge in [-0.2, -0.15) is 0 Å². The van der Waals surface area contributed by atoms with E-state index in [1.165, 1.54) is 24.3 Å². The SMILES string of the molecule is C=Cc1ccc(Oc2ccc(C3(c4cc(F)c(F)cc4F)c4ccccc4-c4ccc(N(c5ccc(F)cc5)c5ccc6c(c5)C5(CC6(C)C)CC(C)(C)c6ccc(N(c7ccc(F)cc7)c7ccc8c(c7)C(c7ccc(Oc9ccc(C=C)cc9)cc7)(c7cc(F)c(F)cc7F)c7ccccc7-8)cc65)cc43)cc2)cc1. The summed E-state index contributed by atoms with van der Waals surface area (Å²) in [5.74, 6) is -5.82. The normalized spacial score (nSPS) is 17.6. The Morgan fingerprint density at radius 1 is 0.279 bits per heavy atom. The van der Waals surface area contributed by atoms with Crippen LogP contribution in [0.15, 0.2) is 304 Å². The number of hydrogen-bond donors (Lipinski definition) is 0. The van der Waals surface area contributed by atoms with Crippen molar-refractivity contribution < 1.29 is 44.6 Å². The molecule has 2 unspecified atom stereocenters. The maximum atomic E-state index is 17.4. The molecule has 4 aliphatic rings. The van der Waals surface area contributed by atoms with Gasteiger partial charge < -0.3 is 19.3 Å². The van der Waals surface area contributed by atoms with Crippen LogP contribution in [0, 0.1) is 46.5 Å². The number of hydrogen-bond acceptors (Lipinski definition) is 4. The summed E-state index contributed by atoms with van der Waals surface area (Å²) in [7, 11) is 0. The van der Waals surface area contributed by atoms with Gasteiger partial charge in [-0.25, -0.2) is 35.1 Å². The Hall–Kier alpha value is -12.8. The Bertz CT molecular complexity index is 5740. The third-order valence-corrected chi connectivity index (χ3v) is 23.3. The van der Waals surface area contributed by atoms with E-state index in [1.54, 1.807) is 60.7 Å². The molecule has 0 fully saturated rings. The lowest BCUT2D eigenvalue weighted by molar-refractivity contribution is 0.349. The van der Waals surface area contributed by atoms with E-state index in [0.29, 0.717) is 104 Å². The summed E-state index contributed by atoms with van der Waals surface area (Å²) in [6, 6.07) is 85.0. The molecule has 4 aliphatic carbocycles. The van der Waals surface area contributed by atoms with Gasteiger partial charge in [0.15, 0.2) is 23.3 Å². The van der Waals surface area contributed by atoms with Crippen molar-refractivity contribution >= 4 is 46.3 Å². The Kier molecular flexibility index (Phi) is 16.5. The highest BCUT2D eigenvalue weighted by molar-refractivity contribution is 5.92. The zero-order chi connectivity index (χ0) is 76.6. The van der Waals surface area contributed by atoms with Crippen LogP contribution in [-0.2, 0) is 27.1 Å². The number of nitrogens with zero attached hydrogens (tertiary/aromatic N) is 2. The molecule has 0 heterocycles. The molecule has 18 rings (SSSR count). The molecule has 14 aromatic rings. The standard InChI is InChI=1S/C99H70F8N2O2/c1-7-59-17-37-71(38-18-59)110-73-41-21-61(22-42-73)98(87-53-91(104)93(106)55-89(87)102)79-15-11-9-13-75(79)77-45-33-67(49-83(77)98)108(65-29-25-63(100)26-30-65)69-35-47-81-85(51-69)97(57-95(81,3)4)58-96(5,6)82-48-36-70(52-86(82)97)109(66-31-27-64(101)28-32-66)68-34-46-78-76-14-10-12-16-80(76)99(84(78)50-68,88-54-92(105)94(107)56-90(88)103)62-23-43-74(44-24-62)111-72-39-19-60(8-2)20-40-72/h7-56H,1-2,57-58H2,3-6H3. The second-order valence-corrected chi connectivity index (χ2v) is 30.6. The van der Waals surface area contributed by atoms with Crippen molar-refractivity contribution in [2.24, 2.45) is 0 Å². The number of halogens is 8. The van der Waals surface area contributed by atoms with Crippen LogP contribution in [0.4, 0.5) is 69.2 Å². The number of anilines is 6. The minimum Gasteiger partial charge on any atom is -0.457 e. The smallest absolute Gasteiger partial charge is 0.161 e. The Morgan fingerprint density at radius 3 is 0.946 bits per heavy atom. The van der Waals surface area contributed by atoms with Gasteiger partial charge in [-0.05, 0) is 270 Å². The maximum absolute atomic E-state index is 17.4. The second kappa shape index (κ2) is 26.2. The van der Waals surface area contributed by atoms with Gasteiger partial charge in [0.2, 0.25) is 0 Å². The molecule has 0 aromatic heterocycles. The highest BCUT2D eigenvalue weighted by Gasteiger charge is 2.57. The molecule has 1 spiro atoms. The topological polar surface area (TPSA) is 24.9 Å². The van der Waals surface area contributed by atoms with Crippen molar-refractivity contribution in [2.45, 2.75) is 67.6 Å². The predicted molar refractivity (Wildman–Crippen MR) is 426 cm³/mol. The van der Waals surface area contributed by atoms with Crippen LogP contribution in [0.2, 0.25) is 0 Å². The molecule has 0 N–H and O–H groups in total. The monoisotopic (exact) mass is 1470 g/mol. The van der Waals surface area contributed by atoms with Crippen LogP contribution in [0.5, 0.6) is 23.0 Å². The molecule has 4 nitrogen and oxygen atoms in total. The first-order valence-corrected chi connectivity index (χ1v) is 36.8. The molecule has 14 aromatic carbocycles. The van der Waals surface area contributed by atoms with E-state index < -0.39 is 73.6 Å². The van der Waals surface area contributed by atoms with E-state index in [0.717, 1.165) is 79.1 Å². The van der Waals surface area contributed by atoms with Gasteiger partial charge in [0.1, 0.15) is 46.3 Å². The molecule has 0 amide bonds. The summed E-state index contributed by atoms with van der Waals surface area (Å²) >= 11 is 0. The van der Waals surface area contributed by atoms with E-state index in [9.17, 15) is 0 Å². The summed E-state index contributed by atoms with van der Waals surface area (Å²) in [5, 5.41) is 0. The summed E-state index contributed by atoms with van der Waals surface area (Å²) in [6.45, 7) is 16.8. The first-order valence-electron chi connectivity index (χ1n) is 36.8. The van der Waals surface area contributed by atoms with Crippen molar-refractivity contribution in [1.82, 2.24) is 0 Å². The molecule has 0 radical (unpaired) electrons. The summed E-state index contributed by atoms with van der Waals surface area (Å²) in [4.78, 5) is 4.11. The molecular formula is C99H70F8N2O2. The van der Waals surface area contributed by atoms with Crippen LogP contribution in [-0.4, -0.2) is 0 Å². The predicted octanol–water partition coefficient (Wildman–Crippen LogP) is 27.0. The fourth-order valence-electron chi connectivity index (χ4n) is 18.8. The van der Waals surface area contributed by atoms with E-state index in [4.69, 9.17) is 9.47 Å². The van der Waals surface area contributed by atoms with Gasteiger partial charge in [0, 0.05) is 62.8 Å². The molecule has 0 saturated heterocycles. The van der Waals surface area contributed by atoms with Crippen molar-refractivity contribution in [3.05, 3.63) is 429 Å². The minimum absolute atomic E-state index is 0.111. The molecule has 12 heteroatoms.